The highest BCUT2D eigenvalue weighted by Gasteiger charge is 2.13. The maximum atomic E-state index is 11.4. The zero-order valence-corrected chi connectivity index (χ0v) is 14.8. The Kier molecular flexibility index (Phi) is 3.97. The number of fused-ring (bicyclic) bond motifs is 1. The molecule has 0 bridgehead atoms. The molecule has 0 aliphatic carbocycles. The van der Waals surface area contributed by atoms with Crippen LogP contribution < -0.4 is 5.73 Å². The molecule has 0 fully saturated rings. The van der Waals surface area contributed by atoms with Gasteiger partial charge in [-0.2, -0.15) is 10.2 Å². The summed E-state index contributed by atoms with van der Waals surface area (Å²) in [5, 5.41) is 9.60. The van der Waals surface area contributed by atoms with E-state index in [0.717, 1.165) is 28.2 Å². The molecule has 4 aromatic rings. The Balaban J connectivity index is 1.80. The fourth-order valence-corrected chi connectivity index (χ4v) is 3.18. The zero-order valence-electron chi connectivity index (χ0n) is 14.1. The van der Waals surface area contributed by atoms with E-state index in [4.69, 9.17) is 22.4 Å². The van der Waals surface area contributed by atoms with Gasteiger partial charge in [-0.25, -0.2) is 4.52 Å². The average molecular weight is 366 g/mol. The lowest BCUT2D eigenvalue weighted by Gasteiger charge is -2.08. The lowest BCUT2D eigenvalue weighted by Crippen LogP contribution is -2.13. The summed E-state index contributed by atoms with van der Waals surface area (Å²) in [7, 11) is 0. The molecule has 0 radical (unpaired) electrons. The lowest BCUT2D eigenvalue weighted by molar-refractivity contribution is 0.0995. The van der Waals surface area contributed by atoms with Gasteiger partial charge in [0, 0.05) is 16.3 Å². The third-order valence-corrected chi connectivity index (χ3v) is 4.43. The number of aromatic nitrogens is 4. The zero-order chi connectivity index (χ0) is 18.3. The SMILES string of the molecule is Cc1cc(C(N)=O)nn1Cc1cc(Cl)cc2cc(-c3ccccc3)nn12. The van der Waals surface area contributed by atoms with Crippen LogP contribution in [0.3, 0.4) is 0 Å². The fraction of sp³-hybridized carbons (Fsp3) is 0.105. The van der Waals surface area contributed by atoms with E-state index in [-0.39, 0.29) is 5.69 Å². The summed E-state index contributed by atoms with van der Waals surface area (Å²) >= 11 is 6.30. The molecule has 0 aliphatic heterocycles. The van der Waals surface area contributed by atoms with Gasteiger partial charge >= 0.3 is 0 Å². The first-order valence-corrected chi connectivity index (χ1v) is 8.47. The second kappa shape index (κ2) is 6.31. The van der Waals surface area contributed by atoms with Crippen molar-refractivity contribution in [2.45, 2.75) is 13.5 Å². The first kappa shape index (κ1) is 16.4. The van der Waals surface area contributed by atoms with Crippen LogP contribution in [0.15, 0.2) is 54.6 Å². The number of nitrogens with zero attached hydrogens (tertiary/aromatic N) is 4. The minimum absolute atomic E-state index is 0.242. The van der Waals surface area contributed by atoms with Gasteiger partial charge in [0.2, 0.25) is 0 Å². The van der Waals surface area contributed by atoms with Gasteiger partial charge in [-0.3, -0.25) is 9.48 Å². The maximum absolute atomic E-state index is 11.4. The fourth-order valence-electron chi connectivity index (χ4n) is 2.94. The largest absolute Gasteiger partial charge is 0.364 e. The van der Waals surface area contributed by atoms with Gasteiger partial charge in [0.15, 0.2) is 0 Å². The third kappa shape index (κ3) is 2.95. The van der Waals surface area contributed by atoms with E-state index in [9.17, 15) is 4.79 Å². The number of amides is 1. The summed E-state index contributed by atoms with van der Waals surface area (Å²) in [5.74, 6) is -0.548. The number of hydrogen-bond donors (Lipinski definition) is 1. The number of hydrogen-bond acceptors (Lipinski definition) is 3. The molecule has 0 aliphatic rings. The summed E-state index contributed by atoms with van der Waals surface area (Å²) in [5.41, 5.74) is 10.0. The van der Waals surface area contributed by atoms with E-state index in [1.807, 2.05) is 60.0 Å². The molecular weight excluding hydrogens is 350 g/mol. The number of pyridine rings is 1. The Morgan fingerprint density at radius 3 is 2.58 bits per heavy atom. The Morgan fingerprint density at radius 1 is 1.12 bits per heavy atom. The van der Waals surface area contributed by atoms with Crippen molar-refractivity contribution in [3.05, 3.63) is 76.7 Å². The second-order valence-corrected chi connectivity index (χ2v) is 6.53. The first-order valence-electron chi connectivity index (χ1n) is 8.09. The van der Waals surface area contributed by atoms with Crippen molar-refractivity contribution in [3.8, 4) is 11.3 Å². The van der Waals surface area contributed by atoms with E-state index < -0.39 is 5.91 Å². The molecule has 0 saturated heterocycles. The predicted molar refractivity (Wildman–Crippen MR) is 100 cm³/mol. The van der Waals surface area contributed by atoms with Crippen molar-refractivity contribution < 1.29 is 4.79 Å². The van der Waals surface area contributed by atoms with Gasteiger partial charge in [-0.1, -0.05) is 41.9 Å². The van der Waals surface area contributed by atoms with Crippen molar-refractivity contribution in [1.29, 1.82) is 0 Å². The number of carbonyl (C=O) groups excluding carboxylic acids is 1. The molecule has 1 amide bonds. The highest BCUT2D eigenvalue weighted by molar-refractivity contribution is 6.31. The van der Waals surface area contributed by atoms with Crippen molar-refractivity contribution in [3.63, 3.8) is 0 Å². The van der Waals surface area contributed by atoms with Crippen LogP contribution in [-0.2, 0) is 6.54 Å². The Morgan fingerprint density at radius 2 is 1.88 bits per heavy atom. The molecule has 6 nitrogen and oxygen atoms in total. The Hall–Kier alpha value is -3.12. The topological polar surface area (TPSA) is 78.2 Å². The van der Waals surface area contributed by atoms with Crippen LogP contribution in [-0.4, -0.2) is 25.3 Å². The number of benzene rings is 1. The highest BCUT2D eigenvalue weighted by Crippen LogP contribution is 2.23. The molecule has 3 heterocycles. The Labute approximate surface area is 154 Å². The molecule has 7 heteroatoms. The van der Waals surface area contributed by atoms with E-state index >= 15 is 0 Å². The number of nitrogens with two attached hydrogens (primary N) is 1. The summed E-state index contributed by atoms with van der Waals surface area (Å²) in [6, 6.07) is 17.3. The van der Waals surface area contributed by atoms with Gasteiger partial charge < -0.3 is 5.73 Å². The third-order valence-electron chi connectivity index (χ3n) is 4.21. The van der Waals surface area contributed by atoms with Crippen LogP contribution in [0.25, 0.3) is 16.8 Å². The maximum Gasteiger partial charge on any atom is 0.269 e. The van der Waals surface area contributed by atoms with Crippen LogP contribution in [0.5, 0.6) is 0 Å². The quantitative estimate of drug-likeness (QED) is 0.602. The van der Waals surface area contributed by atoms with Crippen molar-refractivity contribution in [2.24, 2.45) is 5.73 Å². The van der Waals surface area contributed by atoms with Gasteiger partial charge in [-0.15, -0.1) is 0 Å². The predicted octanol–water partition coefficient (Wildman–Crippen LogP) is 3.31. The van der Waals surface area contributed by atoms with Gasteiger partial charge in [0.25, 0.3) is 5.91 Å². The van der Waals surface area contributed by atoms with E-state index in [2.05, 4.69) is 5.10 Å². The number of halogens is 1. The lowest BCUT2D eigenvalue weighted by atomic mass is 10.1. The van der Waals surface area contributed by atoms with E-state index in [1.54, 1.807) is 10.7 Å². The average Bonchev–Trinajstić information content (AvgIpc) is 3.20. The highest BCUT2D eigenvalue weighted by atomic mass is 35.5. The first-order chi connectivity index (χ1) is 12.5. The molecular formula is C19H16ClN5O. The standard InChI is InChI=1S/C19H16ClN5O/c1-12-7-18(19(21)26)22-24(12)11-16-9-14(20)8-15-10-17(23-25(15)16)13-5-3-2-4-6-13/h2-10H,11H2,1H3,(H2,21,26). The van der Waals surface area contributed by atoms with Crippen LogP contribution in [0.2, 0.25) is 5.02 Å². The summed E-state index contributed by atoms with van der Waals surface area (Å²) < 4.78 is 3.56. The minimum atomic E-state index is -0.548. The van der Waals surface area contributed by atoms with E-state index in [0.29, 0.717) is 11.6 Å². The molecule has 2 N–H and O–H groups in total. The van der Waals surface area contributed by atoms with Gasteiger partial charge in [0.05, 0.1) is 23.4 Å². The van der Waals surface area contributed by atoms with Crippen LogP contribution in [0.4, 0.5) is 0 Å². The molecule has 0 saturated carbocycles. The van der Waals surface area contributed by atoms with Crippen LogP contribution >= 0.6 is 11.6 Å². The molecule has 0 unspecified atom stereocenters. The van der Waals surface area contributed by atoms with Gasteiger partial charge in [0.1, 0.15) is 5.69 Å². The smallest absolute Gasteiger partial charge is 0.269 e. The molecule has 0 spiro atoms. The van der Waals surface area contributed by atoms with Crippen LogP contribution in [0.1, 0.15) is 21.9 Å². The second-order valence-electron chi connectivity index (χ2n) is 6.09. The number of rotatable bonds is 4. The molecule has 0 atom stereocenters. The number of aryl methyl sites for hydroxylation is 1. The summed E-state index contributed by atoms with van der Waals surface area (Å²) in [4.78, 5) is 11.4. The number of carbonyl (C=O) groups is 1. The molecule has 130 valence electrons. The van der Waals surface area contributed by atoms with Crippen molar-refractivity contribution in [1.82, 2.24) is 19.4 Å². The number of primary amides is 1. The van der Waals surface area contributed by atoms with Crippen molar-refractivity contribution >= 4 is 23.0 Å². The summed E-state index contributed by atoms with van der Waals surface area (Å²) in [6.07, 6.45) is 0. The Bertz CT molecular complexity index is 1110. The molecule has 1 aromatic carbocycles. The molecule has 26 heavy (non-hydrogen) atoms. The normalized spacial score (nSPS) is 11.2. The van der Waals surface area contributed by atoms with Crippen molar-refractivity contribution in [2.75, 3.05) is 0 Å². The monoisotopic (exact) mass is 365 g/mol. The van der Waals surface area contributed by atoms with Crippen LogP contribution in [0, 0.1) is 6.92 Å². The van der Waals surface area contributed by atoms with Gasteiger partial charge in [-0.05, 0) is 31.2 Å². The van der Waals surface area contributed by atoms with E-state index in [1.165, 1.54) is 0 Å². The summed E-state index contributed by atoms with van der Waals surface area (Å²) in [6.45, 7) is 2.30. The molecule has 4 rings (SSSR count). The molecule has 3 aromatic heterocycles. The minimum Gasteiger partial charge on any atom is -0.364 e.